The van der Waals surface area contributed by atoms with Crippen LogP contribution >= 0.6 is 11.3 Å². The highest BCUT2D eigenvalue weighted by Crippen LogP contribution is 2.37. The third kappa shape index (κ3) is 1.69. The first-order chi connectivity index (χ1) is 8.31. The molecule has 0 amide bonds. The second-order valence-corrected chi connectivity index (χ2v) is 5.08. The van der Waals surface area contributed by atoms with E-state index in [1.807, 2.05) is 29.6 Å². The first-order valence-corrected chi connectivity index (χ1v) is 6.39. The molecule has 3 nitrogen and oxygen atoms in total. The Morgan fingerprint density at radius 3 is 2.76 bits per heavy atom. The topological polar surface area (TPSA) is 45.8 Å². The minimum Gasteiger partial charge on any atom is -0.303 e. The Morgan fingerprint density at radius 1 is 1.35 bits per heavy atom. The predicted molar refractivity (Wildman–Crippen MR) is 67.0 cm³/mol. The number of aromatic nitrogens is 1. The summed E-state index contributed by atoms with van der Waals surface area (Å²) in [6, 6.07) is 9.72. The number of thiophene rings is 1. The van der Waals surface area contributed by atoms with Crippen LogP contribution in [-0.2, 0) is 0 Å². The van der Waals surface area contributed by atoms with Crippen molar-refractivity contribution in [3.05, 3.63) is 45.6 Å². The Balaban J connectivity index is 2.26. The first-order valence-electron chi connectivity index (χ1n) is 5.51. The molecule has 0 unspecified atom stereocenters. The fourth-order valence-electron chi connectivity index (χ4n) is 1.96. The van der Waals surface area contributed by atoms with E-state index in [0.29, 0.717) is 0 Å². The molecule has 0 bridgehead atoms. The summed E-state index contributed by atoms with van der Waals surface area (Å²) in [6.07, 6.45) is 2.07. The molecule has 4 heteroatoms. The van der Waals surface area contributed by atoms with Gasteiger partial charge in [0.2, 0.25) is 0 Å². The summed E-state index contributed by atoms with van der Waals surface area (Å²) >= 11 is 1.61. The van der Waals surface area contributed by atoms with Crippen LogP contribution in [0.1, 0.15) is 24.4 Å². The van der Waals surface area contributed by atoms with Gasteiger partial charge in [0.15, 0.2) is 0 Å². The Bertz CT molecular complexity index is 645. The van der Waals surface area contributed by atoms with Crippen molar-refractivity contribution in [1.82, 2.24) is 4.57 Å². The molecule has 0 saturated heterocycles. The highest BCUT2D eigenvalue weighted by molar-refractivity contribution is 7.13. The molecule has 84 valence electrons. The van der Waals surface area contributed by atoms with Gasteiger partial charge in [0.05, 0.1) is 10.6 Å². The van der Waals surface area contributed by atoms with Gasteiger partial charge in [-0.2, -0.15) is 5.26 Å². The summed E-state index contributed by atoms with van der Waals surface area (Å²) in [5.41, 5.74) is 1.02. The van der Waals surface area contributed by atoms with Crippen molar-refractivity contribution < 1.29 is 0 Å². The van der Waals surface area contributed by atoms with Gasteiger partial charge in [-0.25, -0.2) is 0 Å². The molecule has 1 fully saturated rings. The van der Waals surface area contributed by atoms with Crippen LogP contribution in [0, 0.1) is 11.3 Å². The highest BCUT2D eigenvalue weighted by Gasteiger charge is 2.28. The Labute approximate surface area is 103 Å². The molecule has 2 aromatic rings. The average Bonchev–Trinajstić information content (AvgIpc) is 3.03. The second-order valence-electron chi connectivity index (χ2n) is 4.13. The summed E-state index contributed by atoms with van der Waals surface area (Å²) in [7, 11) is 0. The maximum absolute atomic E-state index is 12.1. The maximum Gasteiger partial charge on any atom is 0.269 e. The summed E-state index contributed by atoms with van der Waals surface area (Å²) in [5, 5.41) is 10.9. The second kappa shape index (κ2) is 3.86. The van der Waals surface area contributed by atoms with E-state index in [-0.39, 0.29) is 17.2 Å². The van der Waals surface area contributed by atoms with Crippen LogP contribution in [0.25, 0.3) is 10.6 Å². The smallest absolute Gasteiger partial charge is 0.269 e. The zero-order valence-corrected chi connectivity index (χ0v) is 9.91. The number of pyridine rings is 1. The van der Waals surface area contributed by atoms with Gasteiger partial charge in [-0.3, -0.25) is 4.79 Å². The lowest BCUT2D eigenvalue weighted by atomic mass is 10.2. The summed E-state index contributed by atoms with van der Waals surface area (Å²) < 4.78 is 1.78. The number of rotatable bonds is 2. The van der Waals surface area contributed by atoms with E-state index in [1.54, 1.807) is 22.0 Å². The Hall–Kier alpha value is -1.86. The van der Waals surface area contributed by atoms with Crippen molar-refractivity contribution >= 4 is 11.3 Å². The van der Waals surface area contributed by atoms with Gasteiger partial charge in [-0.05, 0) is 36.4 Å². The van der Waals surface area contributed by atoms with Crippen LogP contribution in [0.5, 0.6) is 0 Å². The Kier molecular flexibility index (Phi) is 2.34. The van der Waals surface area contributed by atoms with Crippen molar-refractivity contribution in [2.45, 2.75) is 18.9 Å². The normalized spacial score (nSPS) is 14.5. The number of nitrogens with zero attached hydrogens (tertiary/aromatic N) is 2. The minimum absolute atomic E-state index is 0.152. The monoisotopic (exact) mass is 242 g/mol. The van der Waals surface area contributed by atoms with Crippen LogP contribution in [0.2, 0.25) is 0 Å². The molecular formula is C13H10N2OS. The number of nitriles is 1. The summed E-state index contributed by atoms with van der Waals surface area (Å²) in [5.74, 6) is 0. The van der Waals surface area contributed by atoms with Crippen LogP contribution in [0.15, 0.2) is 34.4 Å². The molecule has 0 N–H and O–H groups in total. The maximum atomic E-state index is 12.1. The lowest BCUT2D eigenvalue weighted by molar-refractivity contribution is 0.715. The van der Waals surface area contributed by atoms with Gasteiger partial charge in [0.1, 0.15) is 11.6 Å². The van der Waals surface area contributed by atoms with Crippen LogP contribution in [-0.4, -0.2) is 4.57 Å². The van der Waals surface area contributed by atoms with Gasteiger partial charge in [0.25, 0.3) is 5.56 Å². The van der Waals surface area contributed by atoms with E-state index in [1.165, 1.54) is 0 Å². The lowest BCUT2D eigenvalue weighted by Gasteiger charge is -2.10. The van der Waals surface area contributed by atoms with Crippen molar-refractivity contribution in [3.8, 4) is 16.6 Å². The van der Waals surface area contributed by atoms with Gasteiger partial charge in [0, 0.05) is 6.04 Å². The van der Waals surface area contributed by atoms with Crippen LogP contribution in [0.3, 0.4) is 0 Å². The van der Waals surface area contributed by atoms with Gasteiger partial charge in [-0.15, -0.1) is 11.3 Å². The molecule has 1 aliphatic rings. The van der Waals surface area contributed by atoms with Crippen molar-refractivity contribution in [2.75, 3.05) is 0 Å². The van der Waals surface area contributed by atoms with Crippen molar-refractivity contribution in [2.24, 2.45) is 0 Å². The molecule has 0 aromatic carbocycles. The fourth-order valence-corrected chi connectivity index (χ4v) is 2.71. The van der Waals surface area contributed by atoms with E-state index in [2.05, 4.69) is 0 Å². The molecule has 0 atom stereocenters. The largest absolute Gasteiger partial charge is 0.303 e. The third-order valence-corrected chi connectivity index (χ3v) is 3.82. The number of hydrogen-bond donors (Lipinski definition) is 0. The van der Waals surface area contributed by atoms with Crippen molar-refractivity contribution in [1.29, 1.82) is 5.26 Å². The average molecular weight is 242 g/mol. The fraction of sp³-hybridized carbons (Fsp3) is 0.231. The van der Waals surface area contributed by atoms with E-state index in [4.69, 9.17) is 5.26 Å². The minimum atomic E-state index is -0.152. The predicted octanol–water partition coefficient (Wildman–Crippen LogP) is 2.78. The van der Waals surface area contributed by atoms with E-state index in [0.717, 1.165) is 23.4 Å². The molecule has 3 rings (SSSR count). The quantitative estimate of drug-likeness (QED) is 0.812. The van der Waals surface area contributed by atoms with E-state index < -0.39 is 0 Å². The van der Waals surface area contributed by atoms with Crippen LogP contribution in [0.4, 0.5) is 0 Å². The lowest BCUT2D eigenvalue weighted by Crippen LogP contribution is -2.22. The highest BCUT2D eigenvalue weighted by atomic mass is 32.1. The number of hydrogen-bond acceptors (Lipinski definition) is 3. The summed E-state index contributed by atoms with van der Waals surface area (Å²) in [6.45, 7) is 0. The zero-order chi connectivity index (χ0) is 11.8. The molecule has 1 aliphatic carbocycles. The Morgan fingerprint density at radius 2 is 2.18 bits per heavy atom. The van der Waals surface area contributed by atoms with Gasteiger partial charge >= 0.3 is 0 Å². The first kappa shape index (κ1) is 10.3. The van der Waals surface area contributed by atoms with Gasteiger partial charge < -0.3 is 4.57 Å². The summed E-state index contributed by atoms with van der Waals surface area (Å²) in [4.78, 5) is 13.2. The van der Waals surface area contributed by atoms with E-state index in [9.17, 15) is 4.79 Å². The SMILES string of the molecule is N#Cc1ccc(-c2cccs2)n(C2CC2)c1=O. The molecule has 2 aromatic heterocycles. The molecule has 0 spiro atoms. The van der Waals surface area contributed by atoms with E-state index >= 15 is 0 Å². The van der Waals surface area contributed by atoms with Crippen molar-refractivity contribution in [3.63, 3.8) is 0 Å². The molecule has 2 heterocycles. The molecule has 1 saturated carbocycles. The zero-order valence-electron chi connectivity index (χ0n) is 9.09. The standard InChI is InChI=1S/C13H10N2OS/c14-8-9-3-6-11(12-2-1-7-17-12)15(13(9)16)10-4-5-10/h1-3,6-7,10H,4-5H2. The van der Waals surface area contributed by atoms with Gasteiger partial charge in [-0.1, -0.05) is 6.07 Å². The van der Waals surface area contributed by atoms with Crippen LogP contribution < -0.4 is 5.56 Å². The third-order valence-electron chi connectivity index (χ3n) is 2.92. The molecular weight excluding hydrogens is 232 g/mol. The molecule has 0 radical (unpaired) electrons. The molecule has 17 heavy (non-hydrogen) atoms. The molecule has 0 aliphatic heterocycles.